The summed E-state index contributed by atoms with van der Waals surface area (Å²) in [7, 11) is 0. The summed E-state index contributed by atoms with van der Waals surface area (Å²) in [6.45, 7) is 5.71. The summed E-state index contributed by atoms with van der Waals surface area (Å²) < 4.78 is 7.87. The van der Waals surface area contributed by atoms with E-state index in [2.05, 4.69) is 30.1 Å². The quantitative estimate of drug-likeness (QED) is 0.703. The number of nitrogens with zero attached hydrogens (tertiary/aromatic N) is 8. The van der Waals surface area contributed by atoms with Gasteiger partial charge >= 0.3 is 0 Å². The molecule has 5 heterocycles. The van der Waals surface area contributed by atoms with E-state index in [1.807, 2.05) is 15.6 Å². The van der Waals surface area contributed by atoms with E-state index < -0.39 is 0 Å². The van der Waals surface area contributed by atoms with Crippen LogP contribution in [0.4, 0.5) is 5.95 Å². The molecular formula is C18H24N8O2. The van der Waals surface area contributed by atoms with Gasteiger partial charge in [-0.3, -0.25) is 9.69 Å². The van der Waals surface area contributed by atoms with Crippen LogP contribution in [0.5, 0.6) is 0 Å². The topological polar surface area (TPSA) is 92.5 Å². The molecule has 0 saturated carbocycles. The van der Waals surface area contributed by atoms with Crippen molar-refractivity contribution in [3.63, 3.8) is 0 Å². The second-order valence-electron chi connectivity index (χ2n) is 7.53. The standard InChI is InChI=1S/C18H24N8O2/c27-17(12-23-6-8-24(9-7-23)18-19-3-1-4-20-18)25-5-2-16-15(11-25)26-14(13-28-16)10-21-22-26/h1,3-4,10,15-16H,2,5-9,11-13H2. The maximum Gasteiger partial charge on any atom is 0.236 e. The Hall–Kier alpha value is -2.59. The molecule has 3 aliphatic heterocycles. The number of amides is 1. The van der Waals surface area contributed by atoms with Gasteiger partial charge in [-0.2, -0.15) is 0 Å². The lowest BCUT2D eigenvalue weighted by Crippen LogP contribution is -2.54. The van der Waals surface area contributed by atoms with Crippen LogP contribution < -0.4 is 4.90 Å². The van der Waals surface area contributed by atoms with Crippen LogP contribution >= 0.6 is 0 Å². The first kappa shape index (κ1) is 17.5. The van der Waals surface area contributed by atoms with Crippen molar-refractivity contribution in [1.29, 1.82) is 0 Å². The van der Waals surface area contributed by atoms with Gasteiger partial charge in [0.15, 0.2) is 0 Å². The lowest BCUT2D eigenvalue weighted by molar-refractivity contribution is -0.139. The third-order valence-electron chi connectivity index (χ3n) is 5.85. The predicted molar refractivity (Wildman–Crippen MR) is 99.5 cm³/mol. The molecule has 2 atom stereocenters. The van der Waals surface area contributed by atoms with Gasteiger partial charge in [0, 0.05) is 51.7 Å². The molecule has 10 heteroatoms. The molecule has 0 radical (unpaired) electrons. The highest BCUT2D eigenvalue weighted by Gasteiger charge is 2.38. The average Bonchev–Trinajstić information content (AvgIpc) is 3.24. The molecule has 0 N–H and O–H groups in total. The number of anilines is 1. The number of piperazine rings is 1. The van der Waals surface area contributed by atoms with Gasteiger partial charge in [0.2, 0.25) is 11.9 Å². The van der Waals surface area contributed by atoms with Gasteiger partial charge in [-0.15, -0.1) is 5.10 Å². The van der Waals surface area contributed by atoms with Gasteiger partial charge in [-0.1, -0.05) is 5.21 Å². The van der Waals surface area contributed by atoms with E-state index in [0.717, 1.165) is 50.8 Å². The Morgan fingerprint density at radius 2 is 1.96 bits per heavy atom. The predicted octanol–water partition coefficient (Wildman–Crippen LogP) is -0.437. The van der Waals surface area contributed by atoms with Crippen molar-refractivity contribution >= 4 is 11.9 Å². The van der Waals surface area contributed by atoms with Gasteiger partial charge < -0.3 is 14.5 Å². The molecule has 10 nitrogen and oxygen atoms in total. The van der Waals surface area contributed by atoms with E-state index in [9.17, 15) is 4.79 Å². The molecule has 148 valence electrons. The minimum atomic E-state index is 0.0658. The average molecular weight is 384 g/mol. The number of carbonyl (C=O) groups is 1. The van der Waals surface area contributed by atoms with Crippen LogP contribution in [0, 0.1) is 0 Å². The number of rotatable bonds is 3. The first-order valence-electron chi connectivity index (χ1n) is 9.81. The molecule has 2 aromatic heterocycles. The largest absolute Gasteiger partial charge is 0.370 e. The van der Waals surface area contributed by atoms with Crippen molar-refractivity contribution in [3.8, 4) is 0 Å². The van der Waals surface area contributed by atoms with E-state index in [1.165, 1.54) is 0 Å². The van der Waals surface area contributed by atoms with E-state index in [-0.39, 0.29) is 18.1 Å². The fraction of sp³-hybridized carbons (Fsp3) is 0.611. The van der Waals surface area contributed by atoms with Crippen molar-refractivity contribution in [2.24, 2.45) is 0 Å². The zero-order valence-corrected chi connectivity index (χ0v) is 15.7. The molecule has 2 fully saturated rings. The smallest absolute Gasteiger partial charge is 0.236 e. The van der Waals surface area contributed by atoms with Gasteiger partial charge in [0.1, 0.15) is 0 Å². The molecule has 1 amide bonds. The Morgan fingerprint density at radius 3 is 2.79 bits per heavy atom. The molecule has 2 aromatic rings. The number of piperidine rings is 1. The van der Waals surface area contributed by atoms with Crippen molar-refractivity contribution in [2.45, 2.75) is 25.2 Å². The molecule has 28 heavy (non-hydrogen) atoms. The van der Waals surface area contributed by atoms with E-state index in [1.54, 1.807) is 18.6 Å². The summed E-state index contributed by atoms with van der Waals surface area (Å²) in [5.74, 6) is 0.937. The summed E-state index contributed by atoms with van der Waals surface area (Å²) >= 11 is 0. The Kier molecular flexibility index (Phi) is 4.65. The van der Waals surface area contributed by atoms with E-state index in [0.29, 0.717) is 19.7 Å². The lowest BCUT2D eigenvalue weighted by atomic mass is 10.0. The van der Waals surface area contributed by atoms with Crippen LogP contribution in [-0.2, 0) is 16.1 Å². The molecule has 0 spiro atoms. The van der Waals surface area contributed by atoms with Crippen molar-refractivity contribution < 1.29 is 9.53 Å². The summed E-state index contributed by atoms with van der Waals surface area (Å²) in [5.41, 5.74) is 0.981. The highest BCUT2D eigenvalue weighted by atomic mass is 16.5. The Morgan fingerprint density at radius 1 is 1.14 bits per heavy atom. The minimum Gasteiger partial charge on any atom is -0.370 e. The number of fused-ring (bicyclic) bond motifs is 3. The molecule has 2 saturated heterocycles. The zero-order chi connectivity index (χ0) is 18.9. The Labute approximate surface area is 163 Å². The molecule has 0 bridgehead atoms. The number of carbonyl (C=O) groups excluding carboxylic acids is 1. The Balaban J connectivity index is 1.16. The highest BCUT2D eigenvalue weighted by molar-refractivity contribution is 5.78. The third kappa shape index (κ3) is 3.33. The van der Waals surface area contributed by atoms with Gasteiger partial charge in [0.05, 0.1) is 37.2 Å². The summed E-state index contributed by atoms with van der Waals surface area (Å²) in [4.78, 5) is 27.9. The molecule has 5 rings (SSSR count). The monoisotopic (exact) mass is 384 g/mol. The van der Waals surface area contributed by atoms with E-state index >= 15 is 0 Å². The van der Waals surface area contributed by atoms with Gasteiger partial charge in [-0.25, -0.2) is 14.6 Å². The fourth-order valence-electron chi connectivity index (χ4n) is 4.26. The summed E-state index contributed by atoms with van der Waals surface area (Å²) in [5, 5.41) is 8.21. The minimum absolute atomic E-state index is 0.0658. The number of hydrogen-bond donors (Lipinski definition) is 0. The summed E-state index contributed by atoms with van der Waals surface area (Å²) in [6.07, 6.45) is 6.23. The van der Waals surface area contributed by atoms with Crippen LogP contribution in [0.3, 0.4) is 0 Å². The number of hydrogen-bond acceptors (Lipinski definition) is 8. The van der Waals surface area contributed by atoms with E-state index in [4.69, 9.17) is 4.74 Å². The fourth-order valence-corrected chi connectivity index (χ4v) is 4.26. The van der Waals surface area contributed by atoms with Gasteiger partial charge in [0.25, 0.3) is 0 Å². The second-order valence-corrected chi connectivity index (χ2v) is 7.53. The maximum atomic E-state index is 12.9. The number of aromatic nitrogens is 5. The van der Waals surface area contributed by atoms with Crippen molar-refractivity contribution in [2.75, 3.05) is 50.7 Å². The highest BCUT2D eigenvalue weighted by Crippen LogP contribution is 2.30. The van der Waals surface area contributed by atoms with Crippen LogP contribution in [0.25, 0.3) is 0 Å². The van der Waals surface area contributed by atoms with Crippen LogP contribution in [0.2, 0.25) is 0 Å². The molecule has 0 aliphatic carbocycles. The van der Waals surface area contributed by atoms with Crippen molar-refractivity contribution in [1.82, 2.24) is 34.8 Å². The second kappa shape index (κ2) is 7.44. The SMILES string of the molecule is O=C(CN1CCN(c2ncccn2)CC1)N1CCC2OCc3cnnn3C2C1. The maximum absolute atomic E-state index is 12.9. The molecular weight excluding hydrogens is 360 g/mol. The normalized spacial score (nSPS) is 25.3. The summed E-state index contributed by atoms with van der Waals surface area (Å²) in [6, 6.07) is 1.89. The Bertz CT molecular complexity index is 820. The van der Waals surface area contributed by atoms with Crippen LogP contribution in [-0.4, -0.2) is 92.6 Å². The molecule has 3 aliphatic rings. The van der Waals surface area contributed by atoms with Crippen LogP contribution in [0.15, 0.2) is 24.7 Å². The van der Waals surface area contributed by atoms with Crippen molar-refractivity contribution in [3.05, 3.63) is 30.4 Å². The van der Waals surface area contributed by atoms with Gasteiger partial charge in [-0.05, 0) is 12.5 Å². The molecule has 2 unspecified atom stereocenters. The zero-order valence-electron chi connectivity index (χ0n) is 15.7. The lowest BCUT2D eigenvalue weighted by Gasteiger charge is -2.42. The number of ether oxygens (including phenoxy) is 1. The van der Waals surface area contributed by atoms with Crippen LogP contribution in [0.1, 0.15) is 18.2 Å². The number of likely N-dealkylation sites (tertiary alicyclic amines) is 1. The molecule has 0 aromatic carbocycles. The first-order valence-corrected chi connectivity index (χ1v) is 9.81. The third-order valence-corrected chi connectivity index (χ3v) is 5.85. The first-order chi connectivity index (χ1) is 13.8.